The van der Waals surface area contributed by atoms with E-state index in [4.69, 9.17) is 5.73 Å². The van der Waals surface area contributed by atoms with Crippen LogP contribution in [0.2, 0.25) is 0 Å². The molecule has 5 nitrogen and oxygen atoms in total. The summed E-state index contributed by atoms with van der Waals surface area (Å²) in [6, 6.07) is 6.43. The van der Waals surface area contributed by atoms with E-state index in [1.807, 2.05) is 0 Å². The minimum Gasteiger partial charge on any atom is -0.464 e. The topological polar surface area (TPSA) is 77.2 Å². The van der Waals surface area contributed by atoms with Crippen LogP contribution in [0.3, 0.4) is 0 Å². The van der Waals surface area contributed by atoms with Crippen molar-refractivity contribution in [2.24, 2.45) is 0 Å². The number of ether oxygens (including phenoxy) is 1. The van der Waals surface area contributed by atoms with Gasteiger partial charge in [-0.3, -0.25) is 0 Å². The molecule has 20 heavy (non-hydrogen) atoms. The summed E-state index contributed by atoms with van der Waals surface area (Å²) >= 11 is 0. The fraction of sp³-hybridized carbons (Fsp3) is 0.0769. The number of nitrogen functional groups attached to an aromatic ring is 1. The first-order valence-electron chi connectivity index (χ1n) is 5.59. The van der Waals surface area contributed by atoms with Crippen LogP contribution in [0.15, 0.2) is 30.3 Å². The van der Waals surface area contributed by atoms with Crippen molar-refractivity contribution in [2.75, 3.05) is 18.2 Å². The third-order valence-electron chi connectivity index (χ3n) is 2.53. The van der Waals surface area contributed by atoms with Crippen molar-refractivity contribution >= 4 is 23.2 Å². The third kappa shape index (κ3) is 2.66. The van der Waals surface area contributed by atoms with E-state index in [0.717, 1.165) is 6.07 Å². The van der Waals surface area contributed by atoms with E-state index in [1.54, 1.807) is 0 Å². The zero-order valence-corrected chi connectivity index (χ0v) is 10.5. The fourth-order valence-electron chi connectivity index (χ4n) is 1.52. The molecule has 1 heterocycles. The van der Waals surface area contributed by atoms with Gasteiger partial charge in [-0.1, -0.05) is 6.07 Å². The zero-order valence-electron chi connectivity index (χ0n) is 10.5. The van der Waals surface area contributed by atoms with Crippen LogP contribution in [-0.2, 0) is 4.74 Å². The number of nitrogens with one attached hydrogen (secondary N) is 1. The Morgan fingerprint density at radius 1 is 1.30 bits per heavy atom. The molecule has 0 radical (unpaired) electrons. The maximum Gasteiger partial charge on any atom is 0.356 e. The Morgan fingerprint density at radius 3 is 2.75 bits per heavy atom. The summed E-state index contributed by atoms with van der Waals surface area (Å²) < 4.78 is 31.2. The molecule has 0 fully saturated rings. The molecular formula is C13H11F2N3O2. The lowest BCUT2D eigenvalue weighted by molar-refractivity contribution is 0.0594. The molecule has 1 aromatic heterocycles. The van der Waals surface area contributed by atoms with Crippen LogP contribution in [0.4, 0.5) is 26.0 Å². The largest absolute Gasteiger partial charge is 0.464 e. The van der Waals surface area contributed by atoms with Crippen LogP contribution in [0.5, 0.6) is 0 Å². The summed E-state index contributed by atoms with van der Waals surface area (Å²) in [7, 11) is 1.21. The van der Waals surface area contributed by atoms with Gasteiger partial charge < -0.3 is 15.8 Å². The number of methoxy groups -OCH3 is 1. The Balaban J connectivity index is 2.38. The zero-order chi connectivity index (χ0) is 14.7. The van der Waals surface area contributed by atoms with Gasteiger partial charge in [0.2, 0.25) is 0 Å². The first kappa shape index (κ1) is 13.7. The number of nitrogens with two attached hydrogens (primary N) is 1. The predicted octanol–water partition coefficient (Wildman–Crippen LogP) is 2.47. The first-order valence-corrected chi connectivity index (χ1v) is 5.59. The number of benzene rings is 1. The second-order valence-electron chi connectivity index (χ2n) is 3.85. The monoisotopic (exact) mass is 279 g/mol. The van der Waals surface area contributed by atoms with Gasteiger partial charge in [-0.05, 0) is 24.3 Å². The van der Waals surface area contributed by atoms with E-state index in [0.29, 0.717) is 0 Å². The lowest BCUT2D eigenvalue weighted by Crippen LogP contribution is -2.08. The average Bonchev–Trinajstić information content (AvgIpc) is 2.45. The lowest BCUT2D eigenvalue weighted by Gasteiger charge is -2.10. The standard InChI is InChI=1S/C13H11F2N3O2/c1-20-13(19)10-6-5-8(16)12(18-10)17-9-4-2-3-7(14)11(9)15/h2-6H,16H2,1H3,(H,17,18). The quantitative estimate of drug-likeness (QED) is 0.844. The number of pyridine rings is 1. The van der Waals surface area contributed by atoms with E-state index in [1.165, 1.54) is 31.4 Å². The SMILES string of the molecule is COC(=O)c1ccc(N)c(Nc2cccc(F)c2F)n1. The van der Waals surface area contributed by atoms with Crippen LogP contribution < -0.4 is 11.1 Å². The number of carbonyl (C=O) groups excluding carboxylic acids is 1. The van der Waals surface area contributed by atoms with Crippen molar-refractivity contribution in [3.05, 3.63) is 47.7 Å². The predicted molar refractivity (Wildman–Crippen MR) is 69.6 cm³/mol. The van der Waals surface area contributed by atoms with Gasteiger partial charge in [0.25, 0.3) is 0 Å². The van der Waals surface area contributed by atoms with E-state index in [2.05, 4.69) is 15.0 Å². The van der Waals surface area contributed by atoms with Gasteiger partial charge in [0.1, 0.15) is 0 Å². The molecule has 7 heteroatoms. The molecule has 0 bridgehead atoms. The number of rotatable bonds is 3. The van der Waals surface area contributed by atoms with Crippen LogP contribution in [0.25, 0.3) is 0 Å². The van der Waals surface area contributed by atoms with E-state index >= 15 is 0 Å². The number of halogens is 2. The van der Waals surface area contributed by atoms with Crippen molar-refractivity contribution in [1.29, 1.82) is 0 Å². The molecule has 1 aromatic carbocycles. The van der Waals surface area contributed by atoms with Gasteiger partial charge >= 0.3 is 5.97 Å². The van der Waals surface area contributed by atoms with Crippen LogP contribution >= 0.6 is 0 Å². The number of carbonyl (C=O) groups is 1. The molecule has 0 saturated heterocycles. The first-order chi connectivity index (χ1) is 9.52. The molecule has 0 unspecified atom stereocenters. The summed E-state index contributed by atoms with van der Waals surface area (Å²) in [6.45, 7) is 0. The van der Waals surface area contributed by atoms with Crippen LogP contribution in [0, 0.1) is 11.6 Å². The molecule has 0 atom stereocenters. The smallest absolute Gasteiger partial charge is 0.356 e. The van der Waals surface area contributed by atoms with Gasteiger partial charge in [-0.2, -0.15) is 0 Å². The highest BCUT2D eigenvalue weighted by Crippen LogP contribution is 2.24. The second-order valence-corrected chi connectivity index (χ2v) is 3.85. The Labute approximate surface area is 113 Å². The molecule has 3 N–H and O–H groups in total. The number of hydrogen-bond donors (Lipinski definition) is 2. The van der Waals surface area contributed by atoms with Gasteiger partial charge in [0.05, 0.1) is 18.5 Å². The van der Waals surface area contributed by atoms with Crippen LogP contribution in [0.1, 0.15) is 10.5 Å². The fourth-order valence-corrected chi connectivity index (χ4v) is 1.52. The molecule has 0 aliphatic carbocycles. The average molecular weight is 279 g/mol. The van der Waals surface area contributed by atoms with Crippen molar-refractivity contribution in [3.63, 3.8) is 0 Å². The van der Waals surface area contributed by atoms with E-state index in [-0.39, 0.29) is 22.9 Å². The summed E-state index contributed by atoms with van der Waals surface area (Å²) in [5, 5.41) is 2.54. The third-order valence-corrected chi connectivity index (χ3v) is 2.53. The second kappa shape index (κ2) is 5.52. The highest BCUT2D eigenvalue weighted by atomic mass is 19.2. The Kier molecular flexibility index (Phi) is 3.79. The van der Waals surface area contributed by atoms with Crippen molar-refractivity contribution in [2.45, 2.75) is 0 Å². The van der Waals surface area contributed by atoms with Gasteiger partial charge in [0, 0.05) is 0 Å². The lowest BCUT2D eigenvalue weighted by atomic mass is 10.2. The Hall–Kier alpha value is -2.70. The summed E-state index contributed by atoms with van der Waals surface area (Å²) in [6.07, 6.45) is 0. The van der Waals surface area contributed by atoms with Gasteiger partial charge in [-0.25, -0.2) is 18.6 Å². The minimum atomic E-state index is -1.06. The maximum atomic E-state index is 13.5. The van der Waals surface area contributed by atoms with E-state index < -0.39 is 17.6 Å². The summed E-state index contributed by atoms with van der Waals surface area (Å²) in [5.74, 6) is -2.68. The summed E-state index contributed by atoms with van der Waals surface area (Å²) in [4.78, 5) is 15.3. The van der Waals surface area contributed by atoms with Crippen molar-refractivity contribution in [3.8, 4) is 0 Å². The molecule has 0 aliphatic rings. The molecule has 0 amide bonds. The number of hydrogen-bond acceptors (Lipinski definition) is 5. The van der Waals surface area contributed by atoms with Crippen molar-refractivity contribution in [1.82, 2.24) is 4.98 Å². The van der Waals surface area contributed by atoms with Gasteiger partial charge in [0.15, 0.2) is 23.1 Å². The molecule has 104 valence electrons. The summed E-state index contributed by atoms with van der Waals surface area (Å²) in [5.41, 5.74) is 5.72. The van der Waals surface area contributed by atoms with Gasteiger partial charge in [-0.15, -0.1) is 0 Å². The van der Waals surface area contributed by atoms with Crippen LogP contribution in [-0.4, -0.2) is 18.1 Å². The molecule has 2 rings (SSSR count). The Morgan fingerprint density at radius 2 is 2.05 bits per heavy atom. The molecule has 0 saturated carbocycles. The van der Waals surface area contributed by atoms with E-state index in [9.17, 15) is 13.6 Å². The molecular weight excluding hydrogens is 268 g/mol. The molecule has 2 aromatic rings. The number of nitrogens with zero attached hydrogens (tertiary/aromatic N) is 1. The molecule has 0 spiro atoms. The normalized spacial score (nSPS) is 10.2. The Bertz CT molecular complexity index is 662. The number of anilines is 3. The number of esters is 1. The maximum absolute atomic E-state index is 13.5. The minimum absolute atomic E-state index is 0.000936. The highest BCUT2D eigenvalue weighted by molar-refractivity contribution is 5.88. The van der Waals surface area contributed by atoms with Crippen molar-refractivity contribution < 1.29 is 18.3 Å². The number of aromatic nitrogens is 1. The molecule has 0 aliphatic heterocycles. The highest BCUT2D eigenvalue weighted by Gasteiger charge is 2.13.